The molecule has 0 saturated carbocycles. The van der Waals surface area contributed by atoms with Crippen LogP contribution in [-0.4, -0.2) is 65.9 Å². The first-order valence-electron chi connectivity index (χ1n) is 5.79. The quantitative estimate of drug-likeness (QED) is 0.535. The van der Waals surface area contributed by atoms with E-state index in [1.54, 1.807) is 0 Å². The topological polar surface area (TPSA) is 116 Å². The molecule has 0 radical (unpaired) electrons. The molecule has 0 aliphatic heterocycles. The van der Waals surface area contributed by atoms with Crippen LogP contribution in [0.5, 0.6) is 0 Å². The molecule has 8 nitrogen and oxygen atoms in total. The van der Waals surface area contributed by atoms with E-state index in [2.05, 4.69) is 10.1 Å². The molecule has 0 aromatic carbocycles. The van der Waals surface area contributed by atoms with Crippen molar-refractivity contribution in [1.82, 2.24) is 10.2 Å². The molecule has 2 atom stereocenters. The number of carboxylic acids is 1. The Morgan fingerprint density at radius 1 is 1.37 bits per heavy atom. The fourth-order valence-corrected chi connectivity index (χ4v) is 1.30. The molecule has 0 fully saturated rings. The molecule has 8 heteroatoms. The van der Waals surface area contributed by atoms with Crippen molar-refractivity contribution in [2.75, 3.05) is 20.7 Å². The van der Waals surface area contributed by atoms with Crippen LogP contribution < -0.4 is 5.32 Å². The zero-order valence-corrected chi connectivity index (χ0v) is 11.3. The minimum atomic E-state index is -1.37. The maximum absolute atomic E-state index is 11.6. The van der Waals surface area contributed by atoms with E-state index in [4.69, 9.17) is 5.11 Å². The van der Waals surface area contributed by atoms with Gasteiger partial charge in [-0.05, 0) is 13.3 Å². The molecule has 2 amide bonds. The van der Waals surface area contributed by atoms with Crippen molar-refractivity contribution in [2.24, 2.45) is 0 Å². The maximum atomic E-state index is 11.6. The molecule has 0 saturated heterocycles. The molecule has 0 aromatic rings. The lowest BCUT2D eigenvalue weighted by atomic mass is 10.2. The van der Waals surface area contributed by atoms with Gasteiger partial charge in [0.2, 0.25) is 0 Å². The molecule has 110 valence electrons. The fraction of sp³-hybridized carbons (Fsp3) is 0.727. The SMILES string of the molecule is COC(=O)CCCN(C)C(=O)NC(C(=O)O)C(C)O. The highest BCUT2D eigenvalue weighted by molar-refractivity contribution is 5.82. The molecular formula is C11H20N2O6. The number of amides is 2. The van der Waals surface area contributed by atoms with Gasteiger partial charge in [-0.25, -0.2) is 9.59 Å². The molecule has 2 unspecified atom stereocenters. The van der Waals surface area contributed by atoms with Gasteiger partial charge in [-0.3, -0.25) is 4.79 Å². The monoisotopic (exact) mass is 276 g/mol. The summed E-state index contributed by atoms with van der Waals surface area (Å²) in [5, 5.41) is 20.2. The molecule has 0 heterocycles. The summed E-state index contributed by atoms with van der Waals surface area (Å²) < 4.78 is 4.45. The lowest BCUT2D eigenvalue weighted by Crippen LogP contribution is -2.51. The average Bonchev–Trinajstić information content (AvgIpc) is 2.34. The molecule has 0 aliphatic rings. The summed E-state index contributed by atoms with van der Waals surface area (Å²) in [4.78, 5) is 34.5. The van der Waals surface area contributed by atoms with E-state index in [0.717, 1.165) is 0 Å². The van der Waals surface area contributed by atoms with Gasteiger partial charge in [0.25, 0.3) is 0 Å². The lowest BCUT2D eigenvalue weighted by molar-refractivity contribution is -0.142. The highest BCUT2D eigenvalue weighted by Crippen LogP contribution is 1.98. The van der Waals surface area contributed by atoms with E-state index in [0.29, 0.717) is 6.42 Å². The highest BCUT2D eigenvalue weighted by atomic mass is 16.5. The number of aliphatic carboxylic acids is 1. The number of methoxy groups -OCH3 is 1. The van der Waals surface area contributed by atoms with Gasteiger partial charge in [0.15, 0.2) is 6.04 Å². The van der Waals surface area contributed by atoms with Crippen molar-refractivity contribution in [3.8, 4) is 0 Å². The largest absolute Gasteiger partial charge is 0.480 e. The number of carbonyl (C=O) groups is 3. The van der Waals surface area contributed by atoms with Crippen LogP contribution >= 0.6 is 0 Å². The van der Waals surface area contributed by atoms with Gasteiger partial charge in [0, 0.05) is 20.0 Å². The molecule has 0 bridgehead atoms. The summed E-state index contributed by atoms with van der Waals surface area (Å²) in [7, 11) is 2.74. The number of ether oxygens (including phenoxy) is 1. The summed E-state index contributed by atoms with van der Waals surface area (Å²) >= 11 is 0. The molecule has 3 N–H and O–H groups in total. The summed E-state index contributed by atoms with van der Waals surface area (Å²) in [5.41, 5.74) is 0. The van der Waals surface area contributed by atoms with Gasteiger partial charge in [-0.15, -0.1) is 0 Å². The van der Waals surface area contributed by atoms with Gasteiger partial charge in [0.1, 0.15) is 0 Å². The second-order valence-electron chi connectivity index (χ2n) is 4.11. The Morgan fingerprint density at radius 2 is 1.95 bits per heavy atom. The van der Waals surface area contributed by atoms with E-state index in [1.165, 1.54) is 26.0 Å². The molecule has 0 rings (SSSR count). The molecule has 19 heavy (non-hydrogen) atoms. The minimum absolute atomic E-state index is 0.173. The number of rotatable bonds is 7. The Balaban J connectivity index is 4.18. The van der Waals surface area contributed by atoms with Crippen LogP contribution in [0.3, 0.4) is 0 Å². The van der Waals surface area contributed by atoms with Crippen molar-refractivity contribution < 1.29 is 29.3 Å². The van der Waals surface area contributed by atoms with Crippen LogP contribution in [0.4, 0.5) is 4.79 Å². The first-order chi connectivity index (χ1) is 8.79. The van der Waals surface area contributed by atoms with Crippen molar-refractivity contribution in [3.63, 3.8) is 0 Å². The number of hydrogen-bond acceptors (Lipinski definition) is 5. The lowest BCUT2D eigenvalue weighted by Gasteiger charge is -2.22. The van der Waals surface area contributed by atoms with Gasteiger partial charge >= 0.3 is 18.0 Å². The van der Waals surface area contributed by atoms with Crippen LogP contribution in [0.2, 0.25) is 0 Å². The molecule has 0 aromatic heterocycles. The van der Waals surface area contributed by atoms with Crippen LogP contribution in [0.1, 0.15) is 19.8 Å². The van der Waals surface area contributed by atoms with E-state index >= 15 is 0 Å². The summed E-state index contributed by atoms with van der Waals surface area (Å²) in [6, 6.07) is -1.99. The second-order valence-corrected chi connectivity index (χ2v) is 4.11. The zero-order chi connectivity index (χ0) is 15.0. The Morgan fingerprint density at radius 3 is 2.37 bits per heavy atom. The zero-order valence-electron chi connectivity index (χ0n) is 11.3. The highest BCUT2D eigenvalue weighted by Gasteiger charge is 2.26. The van der Waals surface area contributed by atoms with E-state index < -0.39 is 24.1 Å². The van der Waals surface area contributed by atoms with Crippen molar-refractivity contribution >= 4 is 18.0 Å². The Hall–Kier alpha value is -1.83. The van der Waals surface area contributed by atoms with Crippen molar-refractivity contribution in [1.29, 1.82) is 0 Å². The standard InChI is InChI=1S/C11H20N2O6/c1-7(14)9(10(16)17)12-11(18)13(2)6-4-5-8(15)19-3/h7,9,14H,4-6H2,1-3H3,(H,12,18)(H,16,17). The van der Waals surface area contributed by atoms with Crippen molar-refractivity contribution in [3.05, 3.63) is 0 Å². The second kappa shape index (κ2) is 8.30. The minimum Gasteiger partial charge on any atom is -0.480 e. The normalized spacial score (nSPS) is 13.3. The smallest absolute Gasteiger partial charge is 0.328 e. The van der Waals surface area contributed by atoms with Gasteiger partial charge in [-0.2, -0.15) is 0 Å². The Kier molecular flexibility index (Phi) is 7.50. The fourth-order valence-electron chi connectivity index (χ4n) is 1.30. The molecule has 0 aliphatic carbocycles. The van der Waals surface area contributed by atoms with Gasteiger partial charge in [-0.1, -0.05) is 0 Å². The third-order valence-corrected chi connectivity index (χ3v) is 2.48. The number of esters is 1. The van der Waals surface area contributed by atoms with Crippen LogP contribution in [0.25, 0.3) is 0 Å². The number of carbonyl (C=O) groups excluding carboxylic acids is 2. The average molecular weight is 276 g/mol. The number of urea groups is 1. The van der Waals surface area contributed by atoms with E-state index in [9.17, 15) is 19.5 Å². The van der Waals surface area contributed by atoms with E-state index in [1.807, 2.05) is 0 Å². The number of aliphatic hydroxyl groups excluding tert-OH is 1. The molecule has 0 spiro atoms. The van der Waals surface area contributed by atoms with Gasteiger partial charge < -0.3 is 25.2 Å². The summed E-state index contributed by atoms with van der Waals surface area (Å²) in [5.74, 6) is -1.69. The number of nitrogens with one attached hydrogen (secondary N) is 1. The first kappa shape index (κ1) is 17.2. The number of carboxylic acid groups (broad SMARTS) is 1. The van der Waals surface area contributed by atoms with Crippen LogP contribution in [0.15, 0.2) is 0 Å². The van der Waals surface area contributed by atoms with Crippen LogP contribution in [0, 0.1) is 0 Å². The number of aliphatic hydroxyl groups is 1. The Bertz CT molecular complexity index is 331. The summed E-state index contributed by atoms with van der Waals surface area (Å²) in [6.45, 7) is 1.55. The third-order valence-electron chi connectivity index (χ3n) is 2.48. The number of nitrogens with zero attached hydrogens (tertiary/aromatic N) is 1. The predicted octanol–water partition coefficient (Wildman–Crippen LogP) is -0.585. The number of hydrogen-bond donors (Lipinski definition) is 3. The van der Waals surface area contributed by atoms with Crippen LogP contribution in [-0.2, 0) is 14.3 Å². The van der Waals surface area contributed by atoms with Crippen molar-refractivity contribution in [2.45, 2.75) is 31.9 Å². The summed E-state index contributed by atoms with van der Waals surface area (Å²) in [6.07, 6.45) is -0.625. The Labute approximate surface area is 111 Å². The predicted molar refractivity (Wildman–Crippen MR) is 65.5 cm³/mol. The third kappa shape index (κ3) is 6.61. The maximum Gasteiger partial charge on any atom is 0.328 e. The molecular weight excluding hydrogens is 256 g/mol. The van der Waals surface area contributed by atoms with E-state index in [-0.39, 0.29) is 18.9 Å². The first-order valence-corrected chi connectivity index (χ1v) is 5.79. The van der Waals surface area contributed by atoms with Gasteiger partial charge in [0.05, 0.1) is 13.2 Å².